The van der Waals surface area contributed by atoms with Crippen molar-refractivity contribution in [2.75, 3.05) is 0 Å². The van der Waals surface area contributed by atoms with Gasteiger partial charge in [0.1, 0.15) is 0 Å². The molecule has 3 N–H and O–H groups in total. The number of nitrogens with zero attached hydrogens (tertiary/aromatic N) is 1. The standard InChI is InChI=1S/C16H15Cl2NO4/c1-15-3-4-16(2,23-15)11-10(15)13(21)19(14(11)22)7-5-8(17)12(20)9(18)6-7/h5-6,20-22H,3-4H2,1-2H3/t15-,16+. The lowest BCUT2D eigenvalue weighted by Crippen LogP contribution is -2.17. The Morgan fingerprint density at radius 3 is 1.83 bits per heavy atom. The first kappa shape index (κ1) is 15.0. The molecule has 0 aliphatic carbocycles. The van der Waals surface area contributed by atoms with Crippen LogP contribution in [-0.4, -0.2) is 19.9 Å². The largest absolute Gasteiger partial charge is 0.505 e. The molecule has 2 atom stereocenters. The molecule has 122 valence electrons. The molecule has 1 saturated heterocycles. The number of phenolic OH excluding ortho intramolecular Hbond substituents is 1. The molecule has 0 radical (unpaired) electrons. The van der Waals surface area contributed by atoms with Crippen molar-refractivity contribution in [2.45, 2.75) is 37.9 Å². The molecule has 2 aliphatic rings. The van der Waals surface area contributed by atoms with Crippen molar-refractivity contribution in [3.05, 3.63) is 33.3 Å². The average Bonchev–Trinajstić information content (AvgIpc) is 3.01. The van der Waals surface area contributed by atoms with Crippen LogP contribution in [0, 0.1) is 0 Å². The zero-order valence-electron chi connectivity index (χ0n) is 12.5. The van der Waals surface area contributed by atoms with Gasteiger partial charge in [0.05, 0.1) is 38.1 Å². The van der Waals surface area contributed by atoms with Gasteiger partial charge in [0.2, 0.25) is 11.8 Å². The summed E-state index contributed by atoms with van der Waals surface area (Å²) in [6.45, 7) is 3.81. The zero-order chi connectivity index (χ0) is 16.7. The Balaban J connectivity index is 2.01. The van der Waals surface area contributed by atoms with Crippen molar-refractivity contribution in [3.8, 4) is 23.2 Å². The minimum absolute atomic E-state index is 0.0387. The quantitative estimate of drug-likeness (QED) is 0.717. The molecule has 2 aromatic rings. The summed E-state index contributed by atoms with van der Waals surface area (Å²) in [7, 11) is 0. The van der Waals surface area contributed by atoms with E-state index in [1.807, 2.05) is 13.8 Å². The molecule has 3 heterocycles. The smallest absolute Gasteiger partial charge is 0.205 e. The molecule has 1 aromatic carbocycles. The Labute approximate surface area is 142 Å². The number of ether oxygens (including phenoxy) is 1. The number of rotatable bonds is 1. The lowest BCUT2D eigenvalue weighted by atomic mass is 9.80. The van der Waals surface area contributed by atoms with Crippen molar-refractivity contribution in [1.82, 2.24) is 4.57 Å². The Kier molecular flexibility index (Phi) is 2.80. The third kappa shape index (κ3) is 1.73. The minimum atomic E-state index is -0.624. The Morgan fingerprint density at radius 2 is 1.39 bits per heavy atom. The fourth-order valence-electron chi connectivity index (χ4n) is 3.90. The summed E-state index contributed by atoms with van der Waals surface area (Å²) in [5, 5.41) is 31.2. The van der Waals surface area contributed by atoms with Gasteiger partial charge in [-0.3, -0.25) is 4.57 Å². The van der Waals surface area contributed by atoms with Crippen LogP contribution in [0.5, 0.6) is 17.5 Å². The highest BCUT2D eigenvalue weighted by Crippen LogP contribution is 2.64. The monoisotopic (exact) mass is 355 g/mol. The zero-order valence-corrected chi connectivity index (χ0v) is 14.0. The van der Waals surface area contributed by atoms with Gasteiger partial charge in [0.15, 0.2) is 5.75 Å². The van der Waals surface area contributed by atoms with Crippen LogP contribution in [0.15, 0.2) is 12.1 Å². The van der Waals surface area contributed by atoms with Crippen molar-refractivity contribution in [1.29, 1.82) is 0 Å². The van der Waals surface area contributed by atoms with Crippen LogP contribution < -0.4 is 0 Å². The lowest BCUT2D eigenvalue weighted by molar-refractivity contribution is -0.0683. The average molecular weight is 356 g/mol. The fraction of sp³-hybridized carbons (Fsp3) is 0.375. The van der Waals surface area contributed by atoms with E-state index < -0.39 is 11.2 Å². The van der Waals surface area contributed by atoms with Crippen LogP contribution in [0.25, 0.3) is 5.69 Å². The Hall–Kier alpha value is -1.56. The van der Waals surface area contributed by atoms with Gasteiger partial charge in [-0.2, -0.15) is 0 Å². The van der Waals surface area contributed by atoms with E-state index in [0.717, 1.165) is 12.8 Å². The maximum absolute atomic E-state index is 10.7. The Bertz CT molecular complexity index is 800. The summed E-state index contributed by atoms with van der Waals surface area (Å²) < 4.78 is 7.34. The molecule has 1 fully saturated rings. The van der Waals surface area contributed by atoms with E-state index in [0.29, 0.717) is 16.8 Å². The summed E-state index contributed by atoms with van der Waals surface area (Å²) in [5.41, 5.74) is 0.324. The maximum Gasteiger partial charge on any atom is 0.205 e. The second kappa shape index (κ2) is 4.29. The minimum Gasteiger partial charge on any atom is -0.505 e. The van der Waals surface area contributed by atoms with Gasteiger partial charge in [0.25, 0.3) is 0 Å². The molecular weight excluding hydrogens is 341 g/mol. The van der Waals surface area contributed by atoms with Crippen molar-refractivity contribution < 1.29 is 20.1 Å². The van der Waals surface area contributed by atoms with Crippen molar-refractivity contribution in [2.24, 2.45) is 0 Å². The molecule has 1 aromatic heterocycles. The molecule has 23 heavy (non-hydrogen) atoms. The van der Waals surface area contributed by atoms with Gasteiger partial charge < -0.3 is 20.1 Å². The van der Waals surface area contributed by atoms with E-state index in [2.05, 4.69) is 0 Å². The molecule has 2 aliphatic heterocycles. The predicted octanol–water partition coefficient (Wildman–Crippen LogP) is 4.16. The number of benzene rings is 1. The Morgan fingerprint density at radius 1 is 0.957 bits per heavy atom. The molecule has 0 spiro atoms. The molecule has 0 saturated carbocycles. The summed E-state index contributed by atoms with van der Waals surface area (Å²) in [4.78, 5) is 0. The van der Waals surface area contributed by atoms with E-state index in [4.69, 9.17) is 27.9 Å². The predicted molar refractivity (Wildman–Crippen MR) is 85.8 cm³/mol. The normalized spacial score (nSPS) is 28.3. The number of aromatic hydroxyl groups is 3. The topological polar surface area (TPSA) is 74.9 Å². The summed E-state index contributed by atoms with van der Waals surface area (Å²) in [5.74, 6) is -0.430. The van der Waals surface area contributed by atoms with Gasteiger partial charge in [-0.1, -0.05) is 23.2 Å². The van der Waals surface area contributed by atoms with Gasteiger partial charge in [-0.05, 0) is 38.8 Å². The van der Waals surface area contributed by atoms with Crippen LogP contribution in [0.1, 0.15) is 37.8 Å². The van der Waals surface area contributed by atoms with E-state index in [9.17, 15) is 15.3 Å². The van der Waals surface area contributed by atoms with Crippen LogP contribution in [0.2, 0.25) is 10.0 Å². The third-order valence-electron chi connectivity index (χ3n) is 4.97. The highest BCUT2D eigenvalue weighted by atomic mass is 35.5. The summed E-state index contributed by atoms with van der Waals surface area (Å²) in [6.07, 6.45) is 1.54. The number of hydrogen-bond acceptors (Lipinski definition) is 4. The SMILES string of the molecule is C[C@]12CC[C@](C)(O1)c1c2c(O)n(-c2cc(Cl)c(O)c(Cl)c2)c1O. The third-order valence-corrected chi connectivity index (χ3v) is 5.54. The number of halogens is 2. The number of hydrogen-bond donors (Lipinski definition) is 3. The lowest BCUT2D eigenvalue weighted by Gasteiger charge is -2.21. The van der Waals surface area contributed by atoms with Gasteiger partial charge in [-0.15, -0.1) is 0 Å². The van der Waals surface area contributed by atoms with E-state index in [1.165, 1.54) is 16.7 Å². The van der Waals surface area contributed by atoms with Crippen LogP contribution in [-0.2, 0) is 15.9 Å². The van der Waals surface area contributed by atoms with Crippen LogP contribution in [0.4, 0.5) is 0 Å². The summed E-state index contributed by atoms with van der Waals surface area (Å²) >= 11 is 11.9. The first-order valence-electron chi connectivity index (χ1n) is 7.24. The van der Waals surface area contributed by atoms with Crippen LogP contribution >= 0.6 is 23.2 Å². The first-order chi connectivity index (χ1) is 10.7. The molecule has 5 nitrogen and oxygen atoms in total. The van der Waals surface area contributed by atoms with E-state index in [-0.39, 0.29) is 27.6 Å². The second-order valence-electron chi connectivity index (χ2n) is 6.55. The maximum atomic E-state index is 10.7. The fourth-order valence-corrected chi connectivity index (χ4v) is 4.38. The number of fused-ring (bicyclic) bond motifs is 5. The number of phenols is 1. The van der Waals surface area contributed by atoms with Gasteiger partial charge >= 0.3 is 0 Å². The highest BCUT2D eigenvalue weighted by Gasteiger charge is 2.59. The molecular formula is C16H15Cl2NO4. The second-order valence-corrected chi connectivity index (χ2v) is 7.37. The summed E-state index contributed by atoms with van der Waals surface area (Å²) in [6, 6.07) is 2.87. The van der Waals surface area contributed by atoms with Crippen molar-refractivity contribution >= 4 is 23.2 Å². The van der Waals surface area contributed by atoms with Gasteiger partial charge in [-0.25, -0.2) is 0 Å². The van der Waals surface area contributed by atoms with Gasteiger partial charge in [0, 0.05) is 0 Å². The molecule has 0 unspecified atom stereocenters. The number of aromatic nitrogens is 1. The molecule has 2 bridgehead atoms. The highest BCUT2D eigenvalue weighted by molar-refractivity contribution is 6.37. The van der Waals surface area contributed by atoms with Crippen molar-refractivity contribution in [3.63, 3.8) is 0 Å². The van der Waals surface area contributed by atoms with Crippen LogP contribution in [0.3, 0.4) is 0 Å². The van der Waals surface area contributed by atoms with E-state index in [1.54, 1.807) is 0 Å². The molecule has 0 amide bonds. The molecule has 7 heteroatoms. The van der Waals surface area contributed by atoms with E-state index >= 15 is 0 Å². The molecule has 4 rings (SSSR count). The first-order valence-corrected chi connectivity index (χ1v) is 8.00.